The number of hydrazine groups is 1. The number of benzene rings is 1. The maximum Gasteiger partial charge on any atom is 0.387 e. The molecule has 2 rings (SSSR count). The molecule has 0 spiro atoms. The Bertz CT molecular complexity index is 586. The van der Waals surface area contributed by atoms with E-state index < -0.39 is 12.7 Å². The highest BCUT2D eigenvalue weighted by Crippen LogP contribution is 2.30. The minimum atomic E-state index is -2.85. The van der Waals surface area contributed by atoms with E-state index in [2.05, 4.69) is 15.3 Å². The number of hydrogen-bond acceptors (Lipinski definition) is 5. The zero-order valence-corrected chi connectivity index (χ0v) is 11.6. The van der Waals surface area contributed by atoms with Crippen molar-refractivity contribution in [2.45, 2.75) is 12.7 Å². The third kappa shape index (κ3) is 3.29. The molecular weight excluding hydrogens is 282 g/mol. The van der Waals surface area contributed by atoms with Gasteiger partial charge in [0.1, 0.15) is 11.4 Å². The molecule has 0 radical (unpaired) electrons. The fourth-order valence-electron chi connectivity index (χ4n) is 2.09. The van der Waals surface area contributed by atoms with Gasteiger partial charge < -0.3 is 9.47 Å². The summed E-state index contributed by atoms with van der Waals surface area (Å²) in [5.74, 6) is 6.27. The van der Waals surface area contributed by atoms with E-state index in [1.54, 1.807) is 30.1 Å². The van der Waals surface area contributed by atoms with Crippen LogP contribution in [0.15, 0.2) is 30.5 Å². The van der Waals surface area contributed by atoms with Gasteiger partial charge in [0.2, 0.25) is 0 Å². The molecule has 2 aromatic rings. The number of nitrogens with two attached hydrogens (primary N) is 1. The van der Waals surface area contributed by atoms with Crippen LogP contribution in [-0.4, -0.2) is 23.5 Å². The van der Waals surface area contributed by atoms with Gasteiger partial charge in [-0.05, 0) is 17.7 Å². The van der Waals surface area contributed by atoms with Crippen molar-refractivity contribution in [3.63, 3.8) is 0 Å². The van der Waals surface area contributed by atoms with E-state index in [-0.39, 0.29) is 5.75 Å². The quantitative estimate of drug-likeness (QED) is 0.625. The highest BCUT2D eigenvalue weighted by Gasteiger charge is 2.21. The standard InChI is InChI=1S/C13H16F2N4O2/c1-19-12(10(20-2)7-17-19)11(18-16)8-3-5-9(6-4-8)21-13(14)15/h3-7,11,13,18H,16H2,1-2H3. The van der Waals surface area contributed by atoms with Crippen LogP contribution in [-0.2, 0) is 7.05 Å². The number of nitrogens with zero attached hydrogens (tertiary/aromatic N) is 2. The van der Waals surface area contributed by atoms with Crippen molar-refractivity contribution in [2.24, 2.45) is 12.9 Å². The van der Waals surface area contributed by atoms with Crippen LogP contribution in [0.2, 0.25) is 0 Å². The molecular formula is C13H16F2N4O2. The molecule has 21 heavy (non-hydrogen) atoms. The van der Waals surface area contributed by atoms with Crippen LogP contribution in [0.4, 0.5) is 8.78 Å². The maximum absolute atomic E-state index is 12.1. The van der Waals surface area contributed by atoms with Crippen molar-refractivity contribution in [3.8, 4) is 11.5 Å². The molecule has 0 bridgehead atoms. The summed E-state index contributed by atoms with van der Waals surface area (Å²) in [5, 5.41) is 4.11. The maximum atomic E-state index is 12.1. The van der Waals surface area contributed by atoms with Crippen LogP contribution in [0.3, 0.4) is 0 Å². The van der Waals surface area contributed by atoms with Crippen LogP contribution < -0.4 is 20.7 Å². The zero-order valence-electron chi connectivity index (χ0n) is 11.6. The van der Waals surface area contributed by atoms with Crippen molar-refractivity contribution < 1.29 is 18.3 Å². The van der Waals surface area contributed by atoms with Gasteiger partial charge in [-0.25, -0.2) is 5.43 Å². The van der Waals surface area contributed by atoms with Gasteiger partial charge in [-0.15, -0.1) is 0 Å². The molecule has 0 aliphatic heterocycles. The molecule has 1 aromatic carbocycles. The summed E-state index contributed by atoms with van der Waals surface area (Å²) in [6.45, 7) is -2.85. The first kappa shape index (κ1) is 15.2. The Hall–Kier alpha value is -2.19. The number of nitrogens with one attached hydrogen (secondary N) is 1. The second-order valence-electron chi connectivity index (χ2n) is 4.27. The van der Waals surface area contributed by atoms with Crippen molar-refractivity contribution in [3.05, 3.63) is 41.7 Å². The van der Waals surface area contributed by atoms with Gasteiger partial charge in [-0.1, -0.05) is 12.1 Å². The van der Waals surface area contributed by atoms with Crippen LogP contribution in [0.25, 0.3) is 0 Å². The molecule has 1 atom stereocenters. The number of ether oxygens (including phenoxy) is 2. The summed E-state index contributed by atoms with van der Waals surface area (Å²) in [6.07, 6.45) is 1.58. The fourth-order valence-corrected chi connectivity index (χ4v) is 2.09. The molecule has 6 nitrogen and oxygen atoms in total. The lowest BCUT2D eigenvalue weighted by atomic mass is 10.0. The highest BCUT2D eigenvalue weighted by molar-refractivity contribution is 5.38. The molecule has 1 unspecified atom stereocenters. The molecule has 1 heterocycles. The number of rotatable bonds is 6. The predicted molar refractivity (Wildman–Crippen MR) is 72.0 cm³/mol. The van der Waals surface area contributed by atoms with Crippen LogP contribution in [0.5, 0.6) is 11.5 Å². The molecule has 0 saturated carbocycles. The number of halogens is 2. The average Bonchev–Trinajstić information content (AvgIpc) is 2.82. The Morgan fingerprint density at radius 3 is 2.48 bits per heavy atom. The molecule has 8 heteroatoms. The number of methoxy groups -OCH3 is 1. The Balaban J connectivity index is 2.31. The molecule has 0 saturated heterocycles. The first-order valence-electron chi connectivity index (χ1n) is 6.13. The lowest BCUT2D eigenvalue weighted by molar-refractivity contribution is -0.0498. The summed E-state index contributed by atoms with van der Waals surface area (Å²) in [7, 11) is 3.30. The molecule has 3 N–H and O–H groups in total. The minimum absolute atomic E-state index is 0.0847. The monoisotopic (exact) mass is 298 g/mol. The SMILES string of the molecule is COc1cnn(C)c1C(NN)c1ccc(OC(F)F)cc1. The van der Waals surface area contributed by atoms with Gasteiger partial charge >= 0.3 is 6.61 Å². The Morgan fingerprint density at radius 1 is 1.29 bits per heavy atom. The Morgan fingerprint density at radius 2 is 1.95 bits per heavy atom. The van der Waals surface area contributed by atoms with Crippen LogP contribution in [0.1, 0.15) is 17.3 Å². The van der Waals surface area contributed by atoms with E-state index in [0.29, 0.717) is 5.75 Å². The third-order valence-electron chi connectivity index (χ3n) is 3.05. The minimum Gasteiger partial charge on any atom is -0.493 e. The summed E-state index contributed by atoms with van der Waals surface area (Å²) in [4.78, 5) is 0. The smallest absolute Gasteiger partial charge is 0.387 e. The number of hydrogen-bond donors (Lipinski definition) is 2. The number of alkyl halides is 2. The highest BCUT2D eigenvalue weighted by atomic mass is 19.3. The molecule has 0 aliphatic carbocycles. The van der Waals surface area contributed by atoms with Crippen molar-refractivity contribution in [1.29, 1.82) is 0 Å². The largest absolute Gasteiger partial charge is 0.493 e. The van der Waals surface area contributed by atoms with Gasteiger partial charge in [-0.3, -0.25) is 10.5 Å². The van der Waals surface area contributed by atoms with Gasteiger partial charge in [-0.2, -0.15) is 13.9 Å². The van der Waals surface area contributed by atoms with Crippen molar-refractivity contribution in [2.75, 3.05) is 7.11 Å². The van der Waals surface area contributed by atoms with E-state index in [1.165, 1.54) is 19.2 Å². The summed E-state index contributed by atoms with van der Waals surface area (Å²) in [6, 6.07) is 5.81. The molecule has 1 aromatic heterocycles. The van der Waals surface area contributed by atoms with E-state index in [0.717, 1.165) is 11.3 Å². The lowest BCUT2D eigenvalue weighted by Crippen LogP contribution is -2.30. The normalized spacial score (nSPS) is 12.5. The summed E-state index contributed by atoms with van der Waals surface area (Å²) < 4.78 is 35.5. The van der Waals surface area contributed by atoms with E-state index in [4.69, 9.17) is 10.6 Å². The number of aromatic nitrogens is 2. The first-order chi connectivity index (χ1) is 10.1. The van der Waals surface area contributed by atoms with Gasteiger partial charge in [0, 0.05) is 7.05 Å². The van der Waals surface area contributed by atoms with Crippen molar-refractivity contribution in [1.82, 2.24) is 15.2 Å². The van der Waals surface area contributed by atoms with Gasteiger partial charge in [0.15, 0.2) is 5.75 Å². The van der Waals surface area contributed by atoms with Gasteiger partial charge in [0.05, 0.1) is 19.3 Å². The Kier molecular flexibility index (Phi) is 4.71. The van der Waals surface area contributed by atoms with Crippen LogP contribution in [0, 0.1) is 0 Å². The number of aryl methyl sites for hydroxylation is 1. The van der Waals surface area contributed by atoms with E-state index >= 15 is 0 Å². The van der Waals surface area contributed by atoms with Crippen LogP contribution >= 0.6 is 0 Å². The van der Waals surface area contributed by atoms with E-state index in [9.17, 15) is 8.78 Å². The molecule has 0 amide bonds. The second kappa shape index (κ2) is 6.51. The zero-order chi connectivity index (χ0) is 15.4. The summed E-state index contributed by atoms with van der Waals surface area (Å²) >= 11 is 0. The summed E-state index contributed by atoms with van der Waals surface area (Å²) in [5.41, 5.74) is 4.16. The Labute approximate surface area is 120 Å². The topological polar surface area (TPSA) is 74.3 Å². The average molecular weight is 298 g/mol. The second-order valence-corrected chi connectivity index (χ2v) is 4.27. The molecule has 114 valence electrons. The lowest BCUT2D eigenvalue weighted by Gasteiger charge is -2.18. The molecule has 0 aliphatic rings. The van der Waals surface area contributed by atoms with Gasteiger partial charge in [0.25, 0.3) is 0 Å². The predicted octanol–water partition coefficient (Wildman–Crippen LogP) is 1.58. The third-order valence-corrected chi connectivity index (χ3v) is 3.05. The fraction of sp³-hybridized carbons (Fsp3) is 0.308. The molecule has 0 fully saturated rings. The van der Waals surface area contributed by atoms with E-state index in [1.807, 2.05) is 0 Å². The first-order valence-corrected chi connectivity index (χ1v) is 6.13. The van der Waals surface area contributed by atoms with Crippen molar-refractivity contribution >= 4 is 0 Å².